The molecule has 0 saturated carbocycles. The van der Waals surface area contributed by atoms with Crippen LogP contribution in [0.15, 0.2) is 54.6 Å². The summed E-state index contributed by atoms with van der Waals surface area (Å²) in [5, 5.41) is 4.22. The topological polar surface area (TPSA) is 151 Å². The van der Waals surface area contributed by atoms with E-state index in [0.717, 1.165) is 11.8 Å². The van der Waals surface area contributed by atoms with Crippen LogP contribution in [-0.2, 0) is 37.3 Å². The number of nitrogens with zero attached hydrogens (tertiary/aromatic N) is 2. The van der Waals surface area contributed by atoms with Crippen LogP contribution in [0.2, 0.25) is 0 Å². The number of benzene rings is 3. The van der Waals surface area contributed by atoms with Crippen molar-refractivity contribution < 1.29 is 37.1 Å². The lowest BCUT2D eigenvalue weighted by atomic mass is 9.98. The van der Waals surface area contributed by atoms with Gasteiger partial charge in [0.1, 0.15) is 17.4 Å². The van der Waals surface area contributed by atoms with Gasteiger partial charge in [-0.1, -0.05) is 30.3 Å². The minimum Gasteiger partial charge on any atom is -0.496 e. The molecule has 1 aliphatic heterocycles. The molecule has 1 atom stereocenters. The summed E-state index contributed by atoms with van der Waals surface area (Å²) < 4.78 is 36.3. The molecule has 4 amide bonds. The zero-order chi connectivity index (χ0) is 33.8. The van der Waals surface area contributed by atoms with Crippen LogP contribution < -0.4 is 14.8 Å². The Morgan fingerprint density at radius 1 is 1.07 bits per heavy atom. The minimum absolute atomic E-state index is 0.0151. The van der Waals surface area contributed by atoms with Crippen LogP contribution in [0, 0.1) is 0 Å². The van der Waals surface area contributed by atoms with Crippen LogP contribution in [0.25, 0.3) is 10.8 Å². The highest BCUT2D eigenvalue weighted by atomic mass is 32.2. The lowest BCUT2D eigenvalue weighted by Crippen LogP contribution is -2.47. The largest absolute Gasteiger partial charge is 0.496 e. The van der Waals surface area contributed by atoms with Crippen LogP contribution in [0.4, 0.5) is 10.5 Å². The van der Waals surface area contributed by atoms with Crippen molar-refractivity contribution >= 4 is 50.3 Å². The lowest BCUT2D eigenvalue weighted by molar-refractivity contribution is -0.139. The van der Waals surface area contributed by atoms with Crippen LogP contribution in [0.5, 0.6) is 5.75 Å². The fraction of sp³-hybridized carbons (Fsp3) is 0.394. The predicted octanol–water partition coefficient (Wildman–Crippen LogP) is 4.08. The Kier molecular flexibility index (Phi) is 10.2. The van der Waals surface area contributed by atoms with E-state index in [1.54, 1.807) is 52.1 Å². The first-order valence-electron chi connectivity index (χ1n) is 14.8. The van der Waals surface area contributed by atoms with Gasteiger partial charge in [0.2, 0.25) is 21.8 Å². The van der Waals surface area contributed by atoms with Gasteiger partial charge in [0.25, 0.3) is 5.91 Å². The van der Waals surface area contributed by atoms with Crippen LogP contribution in [-0.4, -0.2) is 80.6 Å². The SMILES string of the molecule is COc1ccc2cc(C(=O)NS(C)(=O)=O)ccc2c1CN(C(=O)CCN(C)C(=O)OC(C)(C)C)C1CCc2ccccc2NC1=O. The van der Waals surface area contributed by atoms with E-state index in [1.807, 2.05) is 29.0 Å². The third-order valence-corrected chi connectivity index (χ3v) is 8.06. The summed E-state index contributed by atoms with van der Waals surface area (Å²) in [5.74, 6) is -1.01. The van der Waals surface area contributed by atoms with Crippen molar-refractivity contribution in [3.8, 4) is 5.75 Å². The fourth-order valence-electron chi connectivity index (χ4n) is 5.27. The molecule has 4 rings (SSSR count). The molecular weight excluding hydrogens is 612 g/mol. The molecule has 0 radical (unpaired) electrons. The number of aryl methyl sites for hydroxylation is 1. The molecule has 3 aromatic carbocycles. The molecule has 246 valence electrons. The van der Waals surface area contributed by atoms with Crippen molar-refractivity contribution in [2.24, 2.45) is 0 Å². The highest BCUT2D eigenvalue weighted by molar-refractivity contribution is 7.89. The van der Waals surface area contributed by atoms with Crippen molar-refractivity contribution in [2.75, 3.05) is 32.3 Å². The Balaban J connectivity index is 1.70. The summed E-state index contributed by atoms with van der Waals surface area (Å²) in [6.07, 6.45) is 1.16. The Labute approximate surface area is 269 Å². The first-order chi connectivity index (χ1) is 21.6. The van der Waals surface area contributed by atoms with E-state index in [1.165, 1.54) is 23.0 Å². The average molecular weight is 653 g/mol. The zero-order valence-corrected chi connectivity index (χ0v) is 27.7. The average Bonchev–Trinajstić information content (AvgIpc) is 3.14. The molecule has 1 aliphatic rings. The van der Waals surface area contributed by atoms with Gasteiger partial charge in [-0.2, -0.15) is 0 Å². The quantitative estimate of drug-likeness (QED) is 0.351. The Morgan fingerprint density at radius 2 is 1.78 bits per heavy atom. The van der Waals surface area contributed by atoms with Gasteiger partial charge in [-0.25, -0.2) is 17.9 Å². The maximum absolute atomic E-state index is 14.0. The molecule has 0 aliphatic carbocycles. The van der Waals surface area contributed by atoms with Gasteiger partial charge in [-0.05, 0) is 74.2 Å². The molecular formula is C33H40N4O8S. The first kappa shape index (κ1) is 34.2. The number of amides is 4. The maximum atomic E-state index is 14.0. The summed E-state index contributed by atoms with van der Waals surface area (Å²) in [6, 6.07) is 14.8. The van der Waals surface area contributed by atoms with Crippen LogP contribution in [0.1, 0.15) is 55.1 Å². The van der Waals surface area contributed by atoms with E-state index < -0.39 is 33.7 Å². The number of rotatable bonds is 9. The predicted molar refractivity (Wildman–Crippen MR) is 174 cm³/mol. The second kappa shape index (κ2) is 13.8. The number of hydrogen-bond donors (Lipinski definition) is 2. The number of carbonyl (C=O) groups is 4. The van der Waals surface area contributed by atoms with Gasteiger partial charge < -0.3 is 24.6 Å². The highest BCUT2D eigenvalue weighted by Crippen LogP contribution is 2.32. The second-order valence-corrected chi connectivity index (χ2v) is 14.0. The Bertz CT molecular complexity index is 1770. The van der Waals surface area contributed by atoms with Gasteiger partial charge in [0, 0.05) is 36.8 Å². The van der Waals surface area contributed by atoms with E-state index in [0.29, 0.717) is 40.6 Å². The summed E-state index contributed by atoms with van der Waals surface area (Å²) in [4.78, 5) is 55.6. The molecule has 1 unspecified atom stereocenters. The van der Waals surface area contributed by atoms with Crippen molar-refractivity contribution in [1.29, 1.82) is 0 Å². The molecule has 0 bridgehead atoms. The summed E-state index contributed by atoms with van der Waals surface area (Å²) in [7, 11) is -0.727. The van der Waals surface area contributed by atoms with Gasteiger partial charge in [0.05, 0.1) is 19.9 Å². The normalized spacial score (nSPS) is 14.8. The highest BCUT2D eigenvalue weighted by Gasteiger charge is 2.33. The number of para-hydroxylation sites is 1. The second-order valence-electron chi connectivity index (χ2n) is 12.3. The van der Waals surface area contributed by atoms with Crippen LogP contribution in [0.3, 0.4) is 0 Å². The van der Waals surface area contributed by atoms with E-state index in [4.69, 9.17) is 9.47 Å². The number of carbonyl (C=O) groups excluding carboxylic acids is 4. The molecule has 13 heteroatoms. The zero-order valence-electron chi connectivity index (χ0n) is 26.9. The smallest absolute Gasteiger partial charge is 0.410 e. The number of anilines is 1. The standard InChI is InChI=1S/C33H40N4O8S/c1-33(2,3)45-32(41)36(4)18-17-29(38)37(27-15-12-21-9-7-8-10-26(21)34-31(27)40)20-25-24-14-11-23(30(39)35-46(6,42)43)19-22(24)13-16-28(25)44-5/h7-11,13-14,16,19,27H,12,15,17-18,20H2,1-6H3,(H,34,40)(H,35,39). The molecule has 46 heavy (non-hydrogen) atoms. The first-order valence-corrected chi connectivity index (χ1v) is 16.7. The molecule has 1 heterocycles. The number of methoxy groups -OCH3 is 1. The van der Waals surface area contributed by atoms with E-state index in [-0.39, 0.29) is 36.9 Å². The number of sulfonamides is 1. The molecule has 0 fully saturated rings. The van der Waals surface area contributed by atoms with Gasteiger partial charge in [0.15, 0.2) is 0 Å². The van der Waals surface area contributed by atoms with E-state index in [2.05, 4.69) is 5.32 Å². The van der Waals surface area contributed by atoms with Crippen molar-refractivity contribution in [3.63, 3.8) is 0 Å². The Morgan fingerprint density at radius 3 is 2.46 bits per heavy atom. The fourth-order valence-corrected chi connectivity index (χ4v) is 5.73. The molecule has 2 N–H and O–H groups in total. The maximum Gasteiger partial charge on any atom is 0.410 e. The molecule has 0 saturated heterocycles. The lowest BCUT2D eigenvalue weighted by Gasteiger charge is -2.32. The Hall–Kier alpha value is -4.65. The van der Waals surface area contributed by atoms with Crippen molar-refractivity contribution in [3.05, 3.63) is 71.3 Å². The number of nitrogens with one attached hydrogen (secondary N) is 2. The third-order valence-electron chi connectivity index (χ3n) is 7.50. The molecule has 0 spiro atoms. The van der Waals surface area contributed by atoms with Crippen molar-refractivity contribution in [2.45, 2.75) is 58.2 Å². The van der Waals surface area contributed by atoms with Gasteiger partial charge >= 0.3 is 6.09 Å². The van der Waals surface area contributed by atoms with E-state index in [9.17, 15) is 27.6 Å². The van der Waals surface area contributed by atoms with Crippen molar-refractivity contribution in [1.82, 2.24) is 14.5 Å². The molecule has 0 aromatic heterocycles. The van der Waals surface area contributed by atoms with Gasteiger partial charge in [-0.3, -0.25) is 14.4 Å². The minimum atomic E-state index is -3.77. The summed E-state index contributed by atoms with van der Waals surface area (Å²) in [5.41, 5.74) is 1.67. The third kappa shape index (κ3) is 8.53. The molecule has 3 aromatic rings. The van der Waals surface area contributed by atoms with Crippen LogP contribution >= 0.6 is 0 Å². The number of hydrogen-bond acceptors (Lipinski definition) is 8. The van der Waals surface area contributed by atoms with E-state index >= 15 is 0 Å². The van der Waals surface area contributed by atoms with Gasteiger partial charge in [-0.15, -0.1) is 0 Å². The molecule has 12 nitrogen and oxygen atoms in total. The summed E-state index contributed by atoms with van der Waals surface area (Å²) in [6.45, 7) is 5.32. The number of ether oxygens (including phenoxy) is 2. The monoisotopic (exact) mass is 652 g/mol. The summed E-state index contributed by atoms with van der Waals surface area (Å²) >= 11 is 0. The number of fused-ring (bicyclic) bond motifs is 2.